The zero-order valence-corrected chi connectivity index (χ0v) is 11.8. The van der Waals surface area contributed by atoms with Gasteiger partial charge in [-0.15, -0.1) is 0 Å². The van der Waals surface area contributed by atoms with E-state index in [1.165, 1.54) is 0 Å². The van der Waals surface area contributed by atoms with Gasteiger partial charge in [-0.25, -0.2) is 4.68 Å². The van der Waals surface area contributed by atoms with Gasteiger partial charge in [0.1, 0.15) is 5.75 Å². The van der Waals surface area contributed by atoms with Crippen LogP contribution in [0.25, 0.3) is 5.69 Å². The summed E-state index contributed by atoms with van der Waals surface area (Å²) in [6, 6.07) is 15.5. The lowest BCUT2D eigenvalue weighted by atomic mass is 10.2. The largest absolute Gasteiger partial charge is 0.508 e. The Morgan fingerprint density at radius 1 is 1.14 bits per heavy atom. The van der Waals surface area contributed by atoms with Gasteiger partial charge in [-0.2, -0.15) is 5.10 Å². The first-order valence-electron chi connectivity index (χ1n) is 6.85. The minimum atomic E-state index is 0.317. The summed E-state index contributed by atoms with van der Waals surface area (Å²) in [5.74, 6) is 0.317. The molecule has 0 amide bonds. The molecule has 0 spiro atoms. The summed E-state index contributed by atoms with van der Waals surface area (Å²) >= 11 is 0. The molecule has 3 aromatic rings. The van der Waals surface area contributed by atoms with Crippen LogP contribution in [0.2, 0.25) is 0 Å². The molecular formula is C17H17N3O. The molecule has 0 fully saturated rings. The molecule has 0 saturated carbocycles. The van der Waals surface area contributed by atoms with E-state index in [4.69, 9.17) is 0 Å². The molecule has 0 bridgehead atoms. The van der Waals surface area contributed by atoms with Crippen LogP contribution in [0, 0.1) is 6.92 Å². The van der Waals surface area contributed by atoms with E-state index >= 15 is 0 Å². The molecule has 0 unspecified atom stereocenters. The van der Waals surface area contributed by atoms with Crippen molar-refractivity contribution in [3.8, 4) is 11.4 Å². The maximum Gasteiger partial charge on any atom is 0.118 e. The molecule has 1 heterocycles. The fourth-order valence-electron chi connectivity index (χ4n) is 2.14. The number of aromatic hydroxyl groups is 1. The molecule has 0 saturated heterocycles. The smallest absolute Gasteiger partial charge is 0.118 e. The predicted molar refractivity (Wildman–Crippen MR) is 83.7 cm³/mol. The van der Waals surface area contributed by atoms with Crippen LogP contribution in [-0.2, 0) is 6.54 Å². The molecule has 2 aromatic carbocycles. The Morgan fingerprint density at radius 3 is 2.71 bits per heavy atom. The SMILES string of the molecule is Cc1cc(NCc2cnn(-c3ccccc3)c2)ccc1O. The third-order valence-corrected chi connectivity index (χ3v) is 3.35. The van der Waals surface area contributed by atoms with Crippen molar-refractivity contribution in [2.24, 2.45) is 0 Å². The predicted octanol–water partition coefficient (Wildman–Crippen LogP) is 3.50. The normalized spacial score (nSPS) is 10.5. The average molecular weight is 279 g/mol. The van der Waals surface area contributed by atoms with Crippen molar-refractivity contribution in [1.29, 1.82) is 0 Å². The number of hydrogen-bond donors (Lipinski definition) is 2. The van der Waals surface area contributed by atoms with Gasteiger partial charge in [-0.1, -0.05) is 18.2 Å². The summed E-state index contributed by atoms with van der Waals surface area (Å²) in [5, 5.41) is 17.2. The topological polar surface area (TPSA) is 50.1 Å². The number of rotatable bonds is 4. The lowest BCUT2D eigenvalue weighted by molar-refractivity contribution is 0.471. The van der Waals surface area contributed by atoms with E-state index in [-0.39, 0.29) is 0 Å². The maximum absolute atomic E-state index is 9.52. The highest BCUT2D eigenvalue weighted by molar-refractivity contribution is 5.50. The number of hydrogen-bond acceptors (Lipinski definition) is 3. The van der Waals surface area contributed by atoms with Gasteiger partial charge < -0.3 is 10.4 Å². The molecule has 4 nitrogen and oxygen atoms in total. The second kappa shape index (κ2) is 5.71. The summed E-state index contributed by atoms with van der Waals surface area (Å²) in [7, 11) is 0. The minimum absolute atomic E-state index is 0.317. The second-order valence-corrected chi connectivity index (χ2v) is 4.98. The van der Waals surface area contributed by atoms with Gasteiger partial charge in [-0.05, 0) is 42.8 Å². The number of benzene rings is 2. The molecule has 2 N–H and O–H groups in total. The van der Waals surface area contributed by atoms with Crippen LogP contribution in [0.3, 0.4) is 0 Å². The van der Waals surface area contributed by atoms with Crippen LogP contribution in [-0.4, -0.2) is 14.9 Å². The minimum Gasteiger partial charge on any atom is -0.508 e. The summed E-state index contributed by atoms with van der Waals surface area (Å²) in [6.45, 7) is 2.57. The molecule has 1 aromatic heterocycles. The standard InChI is InChI=1S/C17H17N3O/c1-13-9-15(7-8-17(13)21)18-10-14-11-19-20(12-14)16-5-3-2-4-6-16/h2-9,11-12,18,21H,10H2,1H3. The van der Waals surface area contributed by atoms with Crippen molar-refractivity contribution < 1.29 is 5.11 Å². The van der Waals surface area contributed by atoms with Gasteiger partial charge in [0, 0.05) is 24.0 Å². The first-order valence-corrected chi connectivity index (χ1v) is 6.85. The van der Waals surface area contributed by atoms with Gasteiger partial charge in [0.25, 0.3) is 0 Å². The van der Waals surface area contributed by atoms with Crippen molar-refractivity contribution in [2.75, 3.05) is 5.32 Å². The van der Waals surface area contributed by atoms with Crippen LogP contribution >= 0.6 is 0 Å². The third-order valence-electron chi connectivity index (χ3n) is 3.35. The van der Waals surface area contributed by atoms with Crippen LogP contribution in [0.15, 0.2) is 60.9 Å². The number of phenols is 1. The Kier molecular flexibility index (Phi) is 3.60. The van der Waals surface area contributed by atoms with Crippen molar-refractivity contribution in [3.05, 3.63) is 72.1 Å². The van der Waals surface area contributed by atoms with E-state index in [1.54, 1.807) is 6.07 Å². The number of nitrogens with zero attached hydrogens (tertiary/aromatic N) is 2. The molecular weight excluding hydrogens is 262 g/mol. The van der Waals surface area contributed by atoms with Crippen LogP contribution in [0.1, 0.15) is 11.1 Å². The molecule has 106 valence electrons. The van der Waals surface area contributed by atoms with Gasteiger partial charge in [0.15, 0.2) is 0 Å². The highest BCUT2D eigenvalue weighted by Gasteiger charge is 2.02. The van der Waals surface area contributed by atoms with Crippen LogP contribution in [0.4, 0.5) is 5.69 Å². The summed E-state index contributed by atoms with van der Waals surface area (Å²) in [5.41, 5.74) is 3.99. The Bertz CT molecular complexity index is 735. The Morgan fingerprint density at radius 2 is 1.95 bits per heavy atom. The first kappa shape index (κ1) is 13.2. The highest BCUT2D eigenvalue weighted by atomic mass is 16.3. The van der Waals surface area contributed by atoms with Gasteiger partial charge in [0.2, 0.25) is 0 Å². The molecule has 0 aliphatic heterocycles. The number of nitrogens with one attached hydrogen (secondary N) is 1. The van der Waals surface area contributed by atoms with E-state index in [0.29, 0.717) is 12.3 Å². The molecule has 0 radical (unpaired) electrons. The van der Waals surface area contributed by atoms with Crippen LogP contribution < -0.4 is 5.32 Å². The fourth-order valence-corrected chi connectivity index (χ4v) is 2.14. The first-order chi connectivity index (χ1) is 10.2. The van der Waals surface area contributed by atoms with Gasteiger partial charge >= 0.3 is 0 Å². The zero-order chi connectivity index (χ0) is 14.7. The number of para-hydroxylation sites is 1. The monoisotopic (exact) mass is 279 g/mol. The van der Waals surface area contributed by atoms with Crippen molar-refractivity contribution in [2.45, 2.75) is 13.5 Å². The second-order valence-electron chi connectivity index (χ2n) is 4.98. The fraction of sp³-hybridized carbons (Fsp3) is 0.118. The van der Waals surface area contributed by atoms with Crippen molar-refractivity contribution >= 4 is 5.69 Å². The van der Waals surface area contributed by atoms with Gasteiger partial charge in [-0.3, -0.25) is 0 Å². The molecule has 3 rings (SSSR count). The summed E-state index contributed by atoms with van der Waals surface area (Å²) < 4.78 is 1.86. The Labute approximate surface area is 123 Å². The van der Waals surface area contributed by atoms with Gasteiger partial charge in [0.05, 0.1) is 11.9 Å². The number of anilines is 1. The van der Waals surface area contributed by atoms with E-state index in [9.17, 15) is 5.11 Å². The van der Waals surface area contributed by atoms with E-state index < -0.39 is 0 Å². The maximum atomic E-state index is 9.52. The Balaban J connectivity index is 1.69. The summed E-state index contributed by atoms with van der Waals surface area (Å²) in [6.07, 6.45) is 3.86. The number of aromatic nitrogens is 2. The number of phenolic OH excluding ortho intramolecular Hbond substituents is 1. The highest BCUT2D eigenvalue weighted by Crippen LogP contribution is 2.20. The lowest BCUT2D eigenvalue weighted by Crippen LogP contribution is -1.98. The van der Waals surface area contributed by atoms with E-state index in [1.807, 2.05) is 66.5 Å². The molecule has 21 heavy (non-hydrogen) atoms. The van der Waals surface area contributed by atoms with E-state index in [0.717, 1.165) is 22.5 Å². The van der Waals surface area contributed by atoms with Crippen molar-refractivity contribution in [1.82, 2.24) is 9.78 Å². The Hall–Kier alpha value is -2.75. The molecule has 0 aliphatic carbocycles. The number of aryl methyl sites for hydroxylation is 1. The molecule has 0 aliphatic rings. The van der Waals surface area contributed by atoms with Crippen molar-refractivity contribution in [3.63, 3.8) is 0 Å². The van der Waals surface area contributed by atoms with E-state index in [2.05, 4.69) is 10.4 Å². The summed E-state index contributed by atoms with van der Waals surface area (Å²) in [4.78, 5) is 0. The average Bonchev–Trinajstić information content (AvgIpc) is 2.98. The third kappa shape index (κ3) is 3.05. The lowest BCUT2D eigenvalue weighted by Gasteiger charge is -2.06. The zero-order valence-electron chi connectivity index (χ0n) is 11.8. The molecule has 0 atom stereocenters. The molecule has 4 heteroatoms. The van der Waals surface area contributed by atoms with Crippen LogP contribution in [0.5, 0.6) is 5.75 Å². The quantitative estimate of drug-likeness (QED) is 0.719.